The van der Waals surface area contributed by atoms with Crippen LogP contribution in [0.5, 0.6) is 0 Å². The normalized spacial score (nSPS) is 14.4. The molecule has 17 heavy (non-hydrogen) atoms. The van der Waals surface area contributed by atoms with Gasteiger partial charge < -0.3 is 11.1 Å². The third-order valence-electron chi connectivity index (χ3n) is 2.78. The molecule has 1 unspecified atom stereocenters. The maximum absolute atomic E-state index is 5.87. The van der Waals surface area contributed by atoms with E-state index in [1.807, 2.05) is 6.92 Å². The lowest BCUT2D eigenvalue weighted by atomic mass is 9.92. The first-order chi connectivity index (χ1) is 7.95. The highest BCUT2D eigenvalue weighted by Gasteiger charge is 2.21. The van der Waals surface area contributed by atoms with Gasteiger partial charge >= 0.3 is 0 Å². The Bertz CT molecular complexity index is 372. The summed E-state index contributed by atoms with van der Waals surface area (Å²) >= 11 is 3.44. The van der Waals surface area contributed by atoms with Crippen LogP contribution in [0.2, 0.25) is 0 Å². The smallest absolute Gasteiger partial charge is 0.0318 e. The van der Waals surface area contributed by atoms with Gasteiger partial charge in [-0.25, -0.2) is 0 Å². The fraction of sp³-hybridized carbons (Fsp3) is 0.429. The van der Waals surface area contributed by atoms with Crippen molar-refractivity contribution >= 4 is 15.9 Å². The van der Waals surface area contributed by atoms with Gasteiger partial charge in [-0.15, -0.1) is 0 Å². The van der Waals surface area contributed by atoms with Gasteiger partial charge in [0.05, 0.1) is 0 Å². The number of benzene rings is 1. The second-order valence-corrected chi connectivity index (χ2v) is 5.79. The molecule has 0 aliphatic rings. The van der Waals surface area contributed by atoms with Gasteiger partial charge in [-0.1, -0.05) is 40.2 Å². The van der Waals surface area contributed by atoms with Crippen LogP contribution in [0.25, 0.3) is 0 Å². The number of nitrogens with one attached hydrogen (secondary N) is 1. The molecule has 1 atom stereocenters. The summed E-state index contributed by atoms with van der Waals surface area (Å²) in [4.78, 5) is 0. The number of hydrogen-bond donors (Lipinski definition) is 2. The van der Waals surface area contributed by atoms with Gasteiger partial charge in [-0.3, -0.25) is 0 Å². The number of hydrogen-bond acceptors (Lipinski definition) is 2. The van der Waals surface area contributed by atoms with E-state index < -0.39 is 0 Å². The van der Waals surface area contributed by atoms with E-state index in [1.54, 1.807) is 0 Å². The number of rotatable bonds is 6. The van der Waals surface area contributed by atoms with Crippen LogP contribution in [0.3, 0.4) is 0 Å². The van der Waals surface area contributed by atoms with Crippen LogP contribution in [0.4, 0.5) is 0 Å². The van der Waals surface area contributed by atoms with E-state index in [2.05, 4.69) is 59.0 Å². The van der Waals surface area contributed by atoms with E-state index in [9.17, 15) is 0 Å². The maximum atomic E-state index is 5.87. The van der Waals surface area contributed by atoms with Gasteiger partial charge in [0.25, 0.3) is 0 Å². The first-order valence-corrected chi connectivity index (χ1v) is 6.58. The molecule has 0 amide bonds. The van der Waals surface area contributed by atoms with Gasteiger partial charge in [0.1, 0.15) is 0 Å². The van der Waals surface area contributed by atoms with Crippen LogP contribution < -0.4 is 11.1 Å². The molecule has 0 aromatic heterocycles. The van der Waals surface area contributed by atoms with Gasteiger partial charge in [-0.05, 0) is 38.0 Å². The third kappa shape index (κ3) is 5.02. The molecule has 0 aliphatic heterocycles. The summed E-state index contributed by atoms with van der Waals surface area (Å²) in [5.41, 5.74) is 8.21. The van der Waals surface area contributed by atoms with E-state index in [4.69, 9.17) is 5.73 Å². The lowest BCUT2D eigenvalue weighted by Gasteiger charge is -2.30. The van der Waals surface area contributed by atoms with Crippen molar-refractivity contribution < 1.29 is 0 Å². The van der Waals surface area contributed by atoms with E-state index >= 15 is 0 Å². The van der Waals surface area contributed by atoms with Gasteiger partial charge in [0.15, 0.2) is 0 Å². The lowest BCUT2D eigenvalue weighted by Crippen LogP contribution is -2.50. The largest absolute Gasteiger partial charge is 0.329 e. The van der Waals surface area contributed by atoms with E-state index in [0.29, 0.717) is 6.54 Å². The van der Waals surface area contributed by atoms with Crippen molar-refractivity contribution in [3.8, 4) is 0 Å². The minimum Gasteiger partial charge on any atom is -0.329 e. The fourth-order valence-electron chi connectivity index (χ4n) is 1.62. The number of halogens is 1. The Labute approximate surface area is 112 Å². The second kappa shape index (κ2) is 6.34. The molecule has 94 valence electrons. The Hall–Kier alpha value is -0.640. The van der Waals surface area contributed by atoms with Crippen molar-refractivity contribution in [2.75, 3.05) is 13.1 Å². The Morgan fingerprint density at radius 2 is 2.00 bits per heavy atom. The molecule has 0 saturated carbocycles. The molecule has 0 heterocycles. The standard InChI is InChI=1S/C14H21BrN2/c1-11(2)9-17-14(3,10-16)8-12-4-6-13(15)7-5-12/h4-7,17H,1,8-10,16H2,2-3H3. The van der Waals surface area contributed by atoms with Gasteiger partial charge in [0, 0.05) is 23.1 Å². The lowest BCUT2D eigenvalue weighted by molar-refractivity contribution is 0.374. The molecule has 0 radical (unpaired) electrons. The summed E-state index contributed by atoms with van der Waals surface area (Å²) in [6.45, 7) is 9.49. The highest BCUT2D eigenvalue weighted by Crippen LogP contribution is 2.16. The molecule has 1 aromatic rings. The molecule has 0 fully saturated rings. The zero-order valence-corrected chi connectivity index (χ0v) is 12.2. The van der Waals surface area contributed by atoms with Crippen LogP contribution in [-0.4, -0.2) is 18.6 Å². The van der Waals surface area contributed by atoms with Crippen molar-refractivity contribution in [1.29, 1.82) is 0 Å². The van der Waals surface area contributed by atoms with Crippen molar-refractivity contribution in [3.05, 3.63) is 46.5 Å². The summed E-state index contributed by atoms with van der Waals surface area (Å²) in [7, 11) is 0. The first kappa shape index (κ1) is 14.4. The zero-order valence-electron chi connectivity index (χ0n) is 10.6. The predicted molar refractivity (Wildman–Crippen MR) is 78.1 cm³/mol. The highest BCUT2D eigenvalue weighted by molar-refractivity contribution is 9.10. The minimum atomic E-state index is -0.0766. The summed E-state index contributed by atoms with van der Waals surface area (Å²) in [5.74, 6) is 0. The molecular weight excluding hydrogens is 276 g/mol. The van der Waals surface area contributed by atoms with Crippen LogP contribution in [0.1, 0.15) is 19.4 Å². The predicted octanol–water partition coefficient (Wildman–Crippen LogP) is 2.87. The van der Waals surface area contributed by atoms with Crippen LogP contribution in [0, 0.1) is 0 Å². The summed E-state index contributed by atoms with van der Waals surface area (Å²) in [6.07, 6.45) is 0.921. The quantitative estimate of drug-likeness (QED) is 0.792. The Morgan fingerprint density at radius 3 is 2.47 bits per heavy atom. The SMILES string of the molecule is C=C(C)CNC(C)(CN)Cc1ccc(Br)cc1. The van der Waals surface area contributed by atoms with E-state index in [-0.39, 0.29) is 5.54 Å². The molecule has 2 nitrogen and oxygen atoms in total. The minimum absolute atomic E-state index is 0.0766. The zero-order chi connectivity index (χ0) is 12.9. The molecule has 0 spiro atoms. The average molecular weight is 297 g/mol. The van der Waals surface area contributed by atoms with Crippen LogP contribution in [-0.2, 0) is 6.42 Å². The average Bonchev–Trinajstić information content (AvgIpc) is 2.30. The summed E-state index contributed by atoms with van der Waals surface area (Å²) in [6, 6.07) is 8.37. The van der Waals surface area contributed by atoms with E-state index in [0.717, 1.165) is 23.0 Å². The molecule has 0 saturated heterocycles. The van der Waals surface area contributed by atoms with Crippen molar-refractivity contribution in [2.45, 2.75) is 25.8 Å². The van der Waals surface area contributed by atoms with Crippen molar-refractivity contribution in [2.24, 2.45) is 5.73 Å². The van der Waals surface area contributed by atoms with Crippen molar-refractivity contribution in [1.82, 2.24) is 5.32 Å². The monoisotopic (exact) mass is 296 g/mol. The molecule has 0 aliphatic carbocycles. The second-order valence-electron chi connectivity index (χ2n) is 4.88. The number of nitrogens with two attached hydrogens (primary N) is 1. The molecule has 1 rings (SSSR count). The Kier molecular flexibility index (Phi) is 5.37. The van der Waals surface area contributed by atoms with E-state index in [1.165, 1.54) is 5.56 Å². The molecule has 0 bridgehead atoms. The van der Waals surface area contributed by atoms with Gasteiger partial charge in [0.2, 0.25) is 0 Å². The fourth-order valence-corrected chi connectivity index (χ4v) is 1.89. The molecule has 3 heteroatoms. The van der Waals surface area contributed by atoms with Gasteiger partial charge in [-0.2, -0.15) is 0 Å². The maximum Gasteiger partial charge on any atom is 0.0318 e. The summed E-state index contributed by atoms with van der Waals surface area (Å²) in [5, 5.41) is 3.47. The molecule has 3 N–H and O–H groups in total. The topological polar surface area (TPSA) is 38.0 Å². The molecular formula is C14H21BrN2. The van der Waals surface area contributed by atoms with Crippen LogP contribution in [0.15, 0.2) is 40.9 Å². The highest BCUT2D eigenvalue weighted by atomic mass is 79.9. The molecule has 1 aromatic carbocycles. The van der Waals surface area contributed by atoms with Crippen LogP contribution >= 0.6 is 15.9 Å². The summed E-state index contributed by atoms with van der Waals surface area (Å²) < 4.78 is 1.10. The Balaban J connectivity index is 2.67. The third-order valence-corrected chi connectivity index (χ3v) is 3.30. The first-order valence-electron chi connectivity index (χ1n) is 5.79. The Morgan fingerprint density at radius 1 is 1.41 bits per heavy atom. The van der Waals surface area contributed by atoms with Crippen molar-refractivity contribution in [3.63, 3.8) is 0 Å².